The van der Waals surface area contributed by atoms with Gasteiger partial charge in [-0.2, -0.15) is 0 Å². The average Bonchev–Trinajstić information content (AvgIpc) is 3.20. The second kappa shape index (κ2) is 4.92. The van der Waals surface area contributed by atoms with Crippen molar-refractivity contribution in [1.82, 2.24) is 19.9 Å². The Hall–Kier alpha value is -2.67. The number of amides is 1. The fourth-order valence-corrected chi connectivity index (χ4v) is 2.59. The Morgan fingerprint density at radius 1 is 1.35 bits per heavy atom. The van der Waals surface area contributed by atoms with Crippen LogP contribution in [0, 0.1) is 0 Å². The minimum absolute atomic E-state index is 0.267. The molecule has 3 aromatic rings. The van der Waals surface area contributed by atoms with Crippen molar-refractivity contribution < 1.29 is 9.53 Å². The number of nitrogens with one attached hydrogen (secondary N) is 1. The van der Waals surface area contributed by atoms with E-state index in [4.69, 9.17) is 22.1 Å². The van der Waals surface area contributed by atoms with Crippen molar-refractivity contribution in [2.75, 3.05) is 0 Å². The van der Waals surface area contributed by atoms with Gasteiger partial charge in [0.25, 0.3) is 5.91 Å². The summed E-state index contributed by atoms with van der Waals surface area (Å²) >= 11 is 6.01. The summed E-state index contributed by atoms with van der Waals surface area (Å²) in [6.45, 7) is 0. The van der Waals surface area contributed by atoms with Gasteiger partial charge in [-0.3, -0.25) is 9.78 Å². The third-order valence-corrected chi connectivity index (χ3v) is 4.05. The van der Waals surface area contributed by atoms with E-state index < -0.39 is 11.5 Å². The number of halogens is 1. The minimum Gasteiger partial charge on any atom is -0.460 e. The smallest absolute Gasteiger partial charge is 0.261 e. The number of carbonyl (C=O) groups excluding carboxylic acids is 1. The highest BCUT2D eigenvalue weighted by Crippen LogP contribution is 2.39. The van der Waals surface area contributed by atoms with E-state index in [9.17, 15) is 4.79 Å². The number of ether oxygens (including phenoxy) is 1. The van der Waals surface area contributed by atoms with Gasteiger partial charge < -0.3 is 15.5 Å². The Labute approximate surface area is 135 Å². The second-order valence-corrected chi connectivity index (χ2v) is 5.89. The maximum Gasteiger partial charge on any atom is 0.261 e. The maximum absolute atomic E-state index is 11.4. The molecule has 1 aliphatic rings. The zero-order valence-electron chi connectivity index (χ0n) is 11.9. The van der Waals surface area contributed by atoms with E-state index in [0.29, 0.717) is 29.2 Å². The summed E-state index contributed by atoms with van der Waals surface area (Å²) in [6.07, 6.45) is 7.62. The van der Waals surface area contributed by atoms with Gasteiger partial charge in [0.15, 0.2) is 5.60 Å². The van der Waals surface area contributed by atoms with Crippen LogP contribution in [0.15, 0.2) is 30.9 Å². The first-order chi connectivity index (χ1) is 11.1. The highest BCUT2D eigenvalue weighted by molar-refractivity contribution is 6.31. The van der Waals surface area contributed by atoms with Crippen LogP contribution in [-0.2, 0) is 4.79 Å². The van der Waals surface area contributed by atoms with Crippen molar-refractivity contribution in [2.24, 2.45) is 5.73 Å². The summed E-state index contributed by atoms with van der Waals surface area (Å²) in [5, 5.41) is 1.37. The monoisotopic (exact) mass is 329 g/mol. The highest BCUT2D eigenvalue weighted by atomic mass is 35.5. The lowest BCUT2D eigenvalue weighted by atomic mass is 10.2. The Bertz CT molecular complexity index is 919. The van der Waals surface area contributed by atoms with E-state index in [-0.39, 0.29) is 5.88 Å². The summed E-state index contributed by atoms with van der Waals surface area (Å²) in [5.41, 5.74) is 6.53. The molecule has 1 aliphatic carbocycles. The van der Waals surface area contributed by atoms with Crippen LogP contribution >= 0.6 is 11.6 Å². The summed E-state index contributed by atoms with van der Waals surface area (Å²) < 4.78 is 5.65. The lowest BCUT2D eigenvalue weighted by Gasteiger charge is -2.13. The number of hydrogen-bond donors (Lipinski definition) is 2. The van der Waals surface area contributed by atoms with Gasteiger partial charge in [-0.25, -0.2) is 9.97 Å². The topological polar surface area (TPSA) is 107 Å². The molecule has 8 heteroatoms. The molecule has 0 bridgehead atoms. The van der Waals surface area contributed by atoms with Crippen LogP contribution in [0.25, 0.3) is 22.3 Å². The van der Waals surface area contributed by atoms with Crippen LogP contribution in [0.3, 0.4) is 0 Å². The van der Waals surface area contributed by atoms with Crippen molar-refractivity contribution in [3.8, 4) is 17.1 Å². The van der Waals surface area contributed by atoms with Crippen LogP contribution < -0.4 is 10.5 Å². The van der Waals surface area contributed by atoms with Crippen molar-refractivity contribution in [2.45, 2.75) is 18.4 Å². The van der Waals surface area contributed by atoms with Crippen LogP contribution in [0.1, 0.15) is 12.8 Å². The van der Waals surface area contributed by atoms with Gasteiger partial charge in [-0.05, 0) is 6.07 Å². The first-order valence-electron chi connectivity index (χ1n) is 7.01. The van der Waals surface area contributed by atoms with Crippen molar-refractivity contribution in [3.63, 3.8) is 0 Å². The molecule has 3 N–H and O–H groups in total. The molecule has 1 amide bonds. The molecular formula is C15H12ClN5O2. The number of nitrogens with two attached hydrogens (primary N) is 1. The number of nitrogens with zero attached hydrogens (tertiary/aromatic N) is 3. The fraction of sp³-hybridized carbons (Fsp3) is 0.200. The minimum atomic E-state index is -0.932. The quantitative estimate of drug-likeness (QED) is 0.762. The summed E-state index contributed by atoms with van der Waals surface area (Å²) in [7, 11) is 0. The molecule has 3 aromatic heterocycles. The lowest BCUT2D eigenvalue weighted by molar-refractivity contribution is -0.126. The van der Waals surface area contributed by atoms with Gasteiger partial charge in [0.1, 0.15) is 5.65 Å². The van der Waals surface area contributed by atoms with Crippen LogP contribution in [0.2, 0.25) is 5.02 Å². The predicted octanol–water partition coefficient (Wildman–Crippen LogP) is 2.07. The number of primary amides is 1. The first-order valence-corrected chi connectivity index (χ1v) is 7.39. The molecule has 4 rings (SSSR count). The van der Waals surface area contributed by atoms with Crippen molar-refractivity contribution in [3.05, 3.63) is 35.9 Å². The SMILES string of the molecule is NC(=O)C1(Oc2cncc(-c3c[nH]c4ncc(Cl)cc34)n2)CC1. The molecule has 3 heterocycles. The number of fused-ring (bicyclic) bond motifs is 1. The number of pyridine rings is 1. The third kappa shape index (κ3) is 2.39. The number of H-pyrrole nitrogens is 1. The molecule has 7 nitrogen and oxygen atoms in total. The molecule has 0 aliphatic heterocycles. The number of hydrogen-bond acceptors (Lipinski definition) is 5. The maximum atomic E-state index is 11.4. The summed E-state index contributed by atoms with van der Waals surface area (Å²) in [4.78, 5) is 27.3. The molecule has 0 spiro atoms. The fourth-order valence-electron chi connectivity index (χ4n) is 2.43. The largest absolute Gasteiger partial charge is 0.460 e. The number of aromatic amines is 1. The standard InChI is InChI=1S/C15H12ClN5O2/c16-8-3-9-10(5-20-13(9)19-4-8)11-6-18-7-12(21-11)23-15(1-2-15)14(17)22/h3-7H,1-2H2,(H2,17,22)(H,19,20). The molecular weight excluding hydrogens is 318 g/mol. The van der Waals surface area contributed by atoms with E-state index >= 15 is 0 Å². The van der Waals surface area contributed by atoms with E-state index in [2.05, 4.69) is 19.9 Å². The second-order valence-electron chi connectivity index (χ2n) is 5.46. The number of aromatic nitrogens is 4. The molecule has 0 aromatic carbocycles. The van der Waals surface area contributed by atoms with Gasteiger partial charge >= 0.3 is 0 Å². The molecule has 0 radical (unpaired) electrons. The Kier molecular flexibility index (Phi) is 2.99. The number of rotatable bonds is 4. The van der Waals surface area contributed by atoms with Gasteiger partial charge in [0.05, 0.1) is 23.1 Å². The molecule has 1 saturated carbocycles. The Morgan fingerprint density at radius 2 is 2.17 bits per heavy atom. The van der Waals surface area contributed by atoms with E-state index in [1.54, 1.807) is 24.7 Å². The van der Waals surface area contributed by atoms with Gasteiger partial charge in [0.2, 0.25) is 5.88 Å². The van der Waals surface area contributed by atoms with Crippen molar-refractivity contribution >= 4 is 28.5 Å². The Balaban J connectivity index is 1.73. The first kappa shape index (κ1) is 14.0. The molecule has 1 fully saturated rings. The highest BCUT2D eigenvalue weighted by Gasteiger charge is 2.52. The Morgan fingerprint density at radius 3 is 2.91 bits per heavy atom. The van der Waals surface area contributed by atoms with E-state index in [0.717, 1.165) is 10.9 Å². The predicted molar refractivity (Wildman–Crippen MR) is 83.9 cm³/mol. The van der Waals surface area contributed by atoms with Gasteiger partial charge in [-0.15, -0.1) is 0 Å². The van der Waals surface area contributed by atoms with E-state index in [1.165, 1.54) is 6.20 Å². The molecule has 0 unspecified atom stereocenters. The normalized spacial score (nSPS) is 15.5. The van der Waals surface area contributed by atoms with Crippen LogP contribution in [0.4, 0.5) is 0 Å². The zero-order valence-corrected chi connectivity index (χ0v) is 12.7. The molecule has 0 atom stereocenters. The van der Waals surface area contributed by atoms with Crippen LogP contribution in [0.5, 0.6) is 5.88 Å². The average molecular weight is 330 g/mol. The third-order valence-electron chi connectivity index (χ3n) is 3.84. The molecule has 116 valence electrons. The van der Waals surface area contributed by atoms with E-state index in [1.807, 2.05) is 0 Å². The molecule has 0 saturated heterocycles. The van der Waals surface area contributed by atoms with Crippen molar-refractivity contribution in [1.29, 1.82) is 0 Å². The lowest BCUT2D eigenvalue weighted by Crippen LogP contribution is -2.36. The molecule has 23 heavy (non-hydrogen) atoms. The zero-order chi connectivity index (χ0) is 16.0. The van der Waals surface area contributed by atoms with Gasteiger partial charge in [-0.1, -0.05) is 11.6 Å². The summed E-state index contributed by atoms with van der Waals surface area (Å²) in [6, 6.07) is 1.80. The van der Waals surface area contributed by atoms with Crippen LogP contribution in [-0.4, -0.2) is 31.4 Å². The number of carbonyl (C=O) groups is 1. The summed E-state index contributed by atoms with van der Waals surface area (Å²) in [5.74, 6) is -0.212. The van der Waals surface area contributed by atoms with Gasteiger partial charge in [0, 0.05) is 36.2 Å².